The Morgan fingerprint density at radius 2 is 2.15 bits per heavy atom. The van der Waals surface area contributed by atoms with Gasteiger partial charge in [0.15, 0.2) is 0 Å². The SMILES string of the molecule is O=C(Nc1ccnc(Br)c1)Nc1cccc(Cl)c1CO. The fourth-order valence-electron chi connectivity index (χ4n) is 1.60. The van der Waals surface area contributed by atoms with Gasteiger partial charge in [-0.25, -0.2) is 9.78 Å². The van der Waals surface area contributed by atoms with Crippen LogP contribution in [0.1, 0.15) is 5.56 Å². The number of pyridine rings is 1. The number of benzene rings is 1. The minimum Gasteiger partial charge on any atom is -0.392 e. The summed E-state index contributed by atoms with van der Waals surface area (Å²) in [7, 11) is 0. The Balaban J connectivity index is 2.11. The van der Waals surface area contributed by atoms with Crippen molar-refractivity contribution in [1.82, 2.24) is 4.98 Å². The topological polar surface area (TPSA) is 74.2 Å². The van der Waals surface area contributed by atoms with E-state index in [0.717, 1.165) is 0 Å². The molecular formula is C13H11BrClN3O2. The van der Waals surface area contributed by atoms with Gasteiger partial charge in [-0.05, 0) is 40.2 Å². The summed E-state index contributed by atoms with van der Waals surface area (Å²) in [5.74, 6) is 0. The molecule has 0 radical (unpaired) electrons. The number of aromatic nitrogens is 1. The summed E-state index contributed by atoms with van der Waals surface area (Å²) in [4.78, 5) is 15.9. The van der Waals surface area contributed by atoms with Crippen molar-refractivity contribution in [2.24, 2.45) is 0 Å². The number of rotatable bonds is 3. The van der Waals surface area contributed by atoms with E-state index in [1.807, 2.05) is 0 Å². The second-order valence-corrected chi connectivity index (χ2v) is 5.09. The predicted octanol–water partition coefficient (Wildman–Crippen LogP) is 3.63. The van der Waals surface area contributed by atoms with E-state index in [2.05, 4.69) is 31.5 Å². The van der Waals surface area contributed by atoms with Gasteiger partial charge in [-0.3, -0.25) is 0 Å². The lowest BCUT2D eigenvalue weighted by Gasteiger charge is -2.11. The number of urea groups is 1. The predicted molar refractivity (Wildman–Crippen MR) is 82.0 cm³/mol. The first-order chi connectivity index (χ1) is 9.60. The summed E-state index contributed by atoms with van der Waals surface area (Å²) in [6, 6.07) is 7.91. The van der Waals surface area contributed by atoms with Gasteiger partial charge in [-0.2, -0.15) is 0 Å². The van der Waals surface area contributed by atoms with Crippen LogP contribution in [0.3, 0.4) is 0 Å². The fourth-order valence-corrected chi connectivity index (χ4v) is 2.20. The van der Waals surface area contributed by atoms with Gasteiger partial charge in [-0.15, -0.1) is 0 Å². The van der Waals surface area contributed by atoms with Crippen molar-refractivity contribution in [3.63, 3.8) is 0 Å². The maximum absolute atomic E-state index is 11.9. The third-order valence-electron chi connectivity index (χ3n) is 2.51. The molecule has 20 heavy (non-hydrogen) atoms. The zero-order valence-electron chi connectivity index (χ0n) is 10.2. The van der Waals surface area contributed by atoms with Gasteiger partial charge in [0.1, 0.15) is 4.60 Å². The minimum atomic E-state index is -0.430. The normalized spacial score (nSPS) is 10.2. The molecule has 0 bridgehead atoms. The number of hydrogen-bond acceptors (Lipinski definition) is 3. The summed E-state index contributed by atoms with van der Waals surface area (Å²) in [5.41, 5.74) is 1.53. The van der Waals surface area contributed by atoms with Gasteiger partial charge >= 0.3 is 6.03 Å². The first kappa shape index (κ1) is 14.8. The number of aliphatic hydroxyl groups is 1. The number of amides is 2. The molecular weight excluding hydrogens is 346 g/mol. The molecule has 0 aliphatic rings. The number of nitrogens with one attached hydrogen (secondary N) is 2. The molecule has 2 rings (SSSR count). The van der Waals surface area contributed by atoms with Crippen molar-refractivity contribution in [3.05, 3.63) is 51.7 Å². The van der Waals surface area contributed by atoms with Crippen molar-refractivity contribution in [2.45, 2.75) is 6.61 Å². The van der Waals surface area contributed by atoms with Crippen molar-refractivity contribution in [2.75, 3.05) is 10.6 Å². The highest BCUT2D eigenvalue weighted by atomic mass is 79.9. The first-order valence-electron chi connectivity index (χ1n) is 5.68. The minimum absolute atomic E-state index is 0.254. The smallest absolute Gasteiger partial charge is 0.323 e. The number of anilines is 2. The number of halogens is 2. The quantitative estimate of drug-likeness (QED) is 0.735. The summed E-state index contributed by atoms with van der Waals surface area (Å²) in [6.07, 6.45) is 1.57. The molecule has 3 N–H and O–H groups in total. The fraction of sp³-hybridized carbons (Fsp3) is 0.0769. The van der Waals surface area contributed by atoms with Crippen molar-refractivity contribution >= 4 is 44.9 Å². The maximum atomic E-state index is 11.9. The Morgan fingerprint density at radius 3 is 2.85 bits per heavy atom. The van der Waals surface area contributed by atoms with E-state index in [-0.39, 0.29) is 6.61 Å². The number of carbonyl (C=O) groups excluding carboxylic acids is 1. The Hall–Kier alpha value is -1.63. The molecule has 1 aromatic carbocycles. The third kappa shape index (κ3) is 3.69. The molecule has 0 saturated carbocycles. The molecule has 0 fully saturated rings. The molecule has 2 amide bonds. The second-order valence-electron chi connectivity index (χ2n) is 3.87. The molecule has 2 aromatic rings. The first-order valence-corrected chi connectivity index (χ1v) is 6.85. The van der Waals surface area contributed by atoms with Crippen molar-refractivity contribution < 1.29 is 9.90 Å². The Bertz CT molecular complexity index is 637. The molecule has 104 valence electrons. The summed E-state index contributed by atoms with van der Waals surface area (Å²) in [6.45, 7) is -0.254. The molecule has 7 heteroatoms. The average molecular weight is 357 g/mol. The number of aliphatic hydroxyl groups excluding tert-OH is 1. The molecule has 0 unspecified atom stereocenters. The van der Waals surface area contributed by atoms with Crippen molar-refractivity contribution in [1.29, 1.82) is 0 Å². The van der Waals surface area contributed by atoms with E-state index < -0.39 is 6.03 Å². The molecule has 1 heterocycles. The van der Waals surface area contributed by atoms with E-state index in [1.54, 1.807) is 36.5 Å². The molecule has 5 nitrogen and oxygen atoms in total. The van der Waals surface area contributed by atoms with Gasteiger partial charge < -0.3 is 15.7 Å². The Labute approximate surface area is 129 Å². The zero-order chi connectivity index (χ0) is 14.5. The monoisotopic (exact) mass is 355 g/mol. The van der Waals surface area contributed by atoms with E-state index in [9.17, 15) is 9.90 Å². The van der Waals surface area contributed by atoms with Crippen LogP contribution in [0, 0.1) is 0 Å². The van der Waals surface area contributed by atoms with Crippen LogP contribution < -0.4 is 10.6 Å². The third-order valence-corrected chi connectivity index (χ3v) is 3.30. The van der Waals surface area contributed by atoms with Crippen LogP contribution in [0.4, 0.5) is 16.2 Å². The highest BCUT2D eigenvalue weighted by Crippen LogP contribution is 2.24. The van der Waals surface area contributed by atoms with Crippen LogP contribution in [-0.2, 0) is 6.61 Å². The van der Waals surface area contributed by atoms with Crippen LogP contribution in [0.25, 0.3) is 0 Å². The van der Waals surface area contributed by atoms with Crippen LogP contribution in [0.15, 0.2) is 41.1 Å². The zero-order valence-corrected chi connectivity index (χ0v) is 12.6. The van der Waals surface area contributed by atoms with E-state index in [1.165, 1.54) is 0 Å². The standard InChI is InChI=1S/C13H11BrClN3O2/c14-12-6-8(4-5-16-12)17-13(20)18-11-3-1-2-10(15)9(11)7-19/h1-6,19H,7H2,(H2,16,17,18,20). The van der Waals surface area contributed by atoms with Gasteiger partial charge in [0, 0.05) is 28.2 Å². The molecule has 0 spiro atoms. The van der Waals surface area contributed by atoms with E-state index >= 15 is 0 Å². The lowest BCUT2D eigenvalue weighted by atomic mass is 10.2. The Morgan fingerprint density at radius 1 is 1.35 bits per heavy atom. The van der Waals surface area contributed by atoms with Crippen LogP contribution in [0.5, 0.6) is 0 Å². The summed E-state index contributed by atoms with van der Waals surface area (Å²) >= 11 is 9.17. The van der Waals surface area contributed by atoms with E-state index in [0.29, 0.717) is 26.6 Å². The highest BCUT2D eigenvalue weighted by Gasteiger charge is 2.09. The second kappa shape index (κ2) is 6.69. The largest absolute Gasteiger partial charge is 0.392 e. The molecule has 0 atom stereocenters. The van der Waals surface area contributed by atoms with Gasteiger partial charge in [0.25, 0.3) is 0 Å². The summed E-state index contributed by atoms with van der Waals surface area (Å²) < 4.78 is 0.620. The lowest BCUT2D eigenvalue weighted by Crippen LogP contribution is -2.20. The lowest BCUT2D eigenvalue weighted by molar-refractivity contribution is 0.262. The molecule has 0 aliphatic carbocycles. The van der Waals surface area contributed by atoms with Gasteiger partial charge in [0.2, 0.25) is 0 Å². The molecule has 0 saturated heterocycles. The van der Waals surface area contributed by atoms with Crippen LogP contribution in [0.2, 0.25) is 5.02 Å². The van der Waals surface area contributed by atoms with Gasteiger partial charge in [0.05, 0.1) is 6.61 Å². The molecule has 1 aromatic heterocycles. The highest BCUT2D eigenvalue weighted by molar-refractivity contribution is 9.10. The number of carbonyl (C=O) groups is 1. The maximum Gasteiger partial charge on any atom is 0.323 e. The summed E-state index contributed by atoms with van der Waals surface area (Å²) in [5, 5.41) is 15.0. The van der Waals surface area contributed by atoms with Gasteiger partial charge in [-0.1, -0.05) is 17.7 Å². The van der Waals surface area contributed by atoms with Crippen LogP contribution in [-0.4, -0.2) is 16.1 Å². The molecule has 0 aliphatic heterocycles. The average Bonchev–Trinajstić information content (AvgIpc) is 2.38. The number of nitrogens with zero attached hydrogens (tertiary/aromatic N) is 1. The van der Waals surface area contributed by atoms with Crippen LogP contribution >= 0.6 is 27.5 Å². The van der Waals surface area contributed by atoms with Crippen molar-refractivity contribution in [3.8, 4) is 0 Å². The number of hydrogen-bond donors (Lipinski definition) is 3. The Kier molecular flexibility index (Phi) is 4.94. The van der Waals surface area contributed by atoms with E-state index in [4.69, 9.17) is 11.6 Å².